The van der Waals surface area contributed by atoms with Crippen LogP contribution in [0.25, 0.3) is 0 Å². The minimum Gasteiger partial charge on any atom is -0.480 e. The molecule has 1 atom stereocenters. The van der Waals surface area contributed by atoms with Crippen molar-refractivity contribution in [1.29, 1.82) is 0 Å². The molecular formula is C10H18N2O6S. The van der Waals surface area contributed by atoms with E-state index in [4.69, 9.17) is 10.2 Å². The molecule has 1 saturated heterocycles. The molecule has 110 valence electrons. The molecule has 1 fully saturated rings. The van der Waals surface area contributed by atoms with E-state index in [1.165, 1.54) is 4.90 Å². The van der Waals surface area contributed by atoms with E-state index in [1.807, 2.05) is 0 Å². The Bertz CT molecular complexity index is 435. The van der Waals surface area contributed by atoms with Crippen LogP contribution in [0.1, 0.15) is 12.8 Å². The van der Waals surface area contributed by atoms with Gasteiger partial charge < -0.3 is 20.4 Å². The van der Waals surface area contributed by atoms with Gasteiger partial charge in [-0.25, -0.2) is 18.0 Å². The number of sulfone groups is 1. The maximum Gasteiger partial charge on any atom is 0.326 e. The highest BCUT2D eigenvalue weighted by Crippen LogP contribution is 2.06. The summed E-state index contributed by atoms with van der Waals surface area (Å²) in [6.07, 6.45) is 0.251. The molecule has 1 aliphatic rings. The largest absolute Gasteiger partial charge is 0.480 e. The number of rotatable bonds is 4. The monoisotopic (exact) mass is 294 g/mol. The fourth-order valence-electron chi connectivity index (χ4n) is 1.77. The van der Waals surface area contributed by atoms with Gasteiger partial charge in [-0.05, 0) is 6.42 Å². The van der Waals surface area contributed by atoms with E-state index in [2.05, 4.69) is 5.32 Å². The van der Waals surface area contributed by atoms with Gasteiger partial charge in [-0.15, -0.1) is 0 Å². The van der Waals surface area contributed by atoms with Crippen LogP contribution in [0.5, 0.6) is 0 Å². The van der Waals surface area contributed by atoms with Gasteiger partial charge >= 0.3 is 12.0 Å². The number of carbonyl (C=O) groups excluding carboxylic acids is 1. The molecule has 1 heterocycles. The van der Waals surface area contributed by atoms with Crippen LogP contribution in [-0.2, 0) is 14.6 Å². The summed E-state index contributed by atoms with van der Waals surface area (Å²) in [6.45, 7) is -0.0260. The van der Waals surface area contributed by atoms with Crippen molar-refractivity contribution < 1.29 is 28.2 Å². The lowest BCUT2D eigenvalue weighted by atomic mass is 10.2. The van der Waals surface area contributed by atoms with Gasteiger partial charge in [0, 0.05) is 26.1 Å². The molecule has 0 saturated carbocycles. The summed E-state index contributed by atoms with van der Waals surface area (Å²) in [5, 5.41) is 19.8. The van der Waals surface area contributed by atoms with Gasteiger partial charge in [-0.2, -0.15) is 0 Å². The Balaban J connectivity index is 2.59. The van der Waals surface area contributed by atoms with Crippen LogP contribution in [0.4, 0.5) is 4.79 Å². The Morgan fingerprint density at radius 2 is 1.95 bits per heavy atom. The molecule has 0 bridgehead atoms. The number of aliphatic hydroxyl groups excluding tert-OH is 1. The first kappa shape index (κ1) is 15.7. The molecule has 9 heteroatoms. The smallest absolute Gasteiger partial charge is 0.326 e. The van der Waals surface area contributed by atoms with Gasteiger partial charge in [0.1, 0.15) is 6.04 Å². The second kappa shape index (κ2) is 6.71. The van der Waals surface area contributed by atoms with Crippen LogP contribution in [0.3, 0.4) is 0 Å². The van der Waals surface area contributed by atoms with E-state index in [9.17, 15) is 18.0 Å². The SMILES string of the molecule is O=C(O)[C@@H](CCO)NC(=O)N1CCCS(=O)(=O)CC1. The lowest BCUT2D eigenvalue weighted by molar-refractivity contribution is -0.139. The Hall–Kier alpha value is -1.35. The molecule has 3 N–H and O–H groups in total. The van der Waals surface area contributed by atoms with Crippen molar-refractivity contribution in [2.45, 2.75) is 18.9 Å². The quantitative estimate of drug-likeness (QED) is 0.589. The molecule has 0 aromatic rings. The predicted molar refractivity (Wildman–Crippen MR) is 66.5 cm³/mol. The first-order chi connectivity index (χ1) is 8.85. The molecule has 8 nitrogen and oxygen atoms in total. The zero-order valence-corrected chi connectivity index (χ0v) is 11.2. The lowest BCUT2D eigenvalue weighted by Crippen LogP contribution is -2.49. The summed E-state index contributed by atoms with van der Waals surface area (Å²) in [7, 11) is -3.12. The third-order valence-corrected chi connectivity index (χ3v) is 4.57. The Labute approximate surface area is 111 Å². The van der Waals surface area contributed by atoms with Crippen molar-refractivity contribution in [3.05, 3.63) is 0 Å². The molecular weight excluding hydrogens is 276 g/mol. The fraction of sp³-hybridized carbons (Fsp3) is 0.800. The highest BCUT2D eigenvalue weighted by atomic mass is 32.2. The standard InChI is InChI=1S/C10H18N2O6S/c13-5-2-8(9(14)15)11-10(16)12-3-1-6-19(17,18)7-4-12/h8,13H,1-7H2,(H,11,16)(H,14,15)/t8-/m1/s1. The Morgan fingerprint density at radius 1 is 1.26 bits per heavy atom. The second-order valence-corrected chi connectivity index (χ2v) is 6.65. The van der Waals surface area contributed by atoms with Gasteiger partial charge in [0.05, 0.1) is 11.5 Å². The predicted octanol–water partition coefficient (Wildman–Crippen LogP) is -1.35. The third-order valence-electron chi connectivity index (χ3n) is 2.86. The molecule has 0 radical (unpaired) electrons. The second-order valence-electron chi connectivity index (χ2n) is 4.35. The average molecular weight is 294 g/mol. The van der Waals surface area contributed by atoms with Crippen LogP contribution in [-0.4, -0.2) is 72.8 Å². The highest BCUT2D eigenvalue weighted by Gasteiger charge is 2.26. The summed E-state index contributed by atoms with van der Waals surface area (Å²) in [5.74, 6) is -1.31. The zero-order chi connectivity index (χ0) is 14.5. The number of urea groups is 1. The molecule has 1 aliphatic heterocycles. The minimum absolute atomic E-state index is 0.0375. The van der Waals surface area contributed by atoms with E-state index in [1.54, 1.807) is 0 Å². The first-order valence-corrected chi connectivity index (χ1v) is 7.77. The minimum atomic E-state index is -3.12. The third kappa shape index (κ3) is 5.03. The van der Waals surface area contributed by atoms with Crippen LogP contribution < -0.4 is 5.32 Å². The van der Waals surface area contributed by atoms with Crippen molar-refractivity contribution in [2.24, 2.45) is 0 Å². The van der Waals surface area contributed by atoms with Gasteiger partial charge in [0.2, 0.25) is 0 Å². The summed E-state index contributed by atoms with van der Waals surface area (Å²) in [4.78, 5) is 24.0. The van der Waals surface area contributed by atoms with Crippen molar-refractivity contribution in [1.82, 2.24) is 10.2 Å². The Morgan fingerprint density at radius 3 is 2.53 bits per heavy atom. The van der Waals surface area contributed by atoms with Gasteiger partial charge in [0.25, 0.3) is 0 Å². The molecule has 0 aliphatic carbocycles. The number of nitrogens with zero attached hydrogens (tertiary/aromatic N) is 1. The summed E-state index contributed by atoms with van der Waals surface area (Å²) < 4.78 is 22.8. The van der Waals surface area contributed by atoms with Gasteiger partial charge in [-0.1, -0.05) is 0 Å². The average Bonchev–Trinajstić information content (AvgIpc) is 2.49. The molecule has 2 amide bonds. The number of aliphatic carboxylic acids is 1. The van der Waals surface area contributed by atoms with Crippen LogP contribution >= 0.6 is 0 Å². The van der Waals surface area contributed by atoms with Crippen LogP contribution in [0, 0.1) is 0 Å². The van der Waals surface area contributed by atoms with E-state index >= 15 is 0 Å². The zero-order valence-electron chi connectivity index (χ0n) is 10.4. The van der Waals surface area contributed by atoms with Crippen molar-refractivity contribution in [3.63, 3.8) is 0 Å². The van der Waals surface area contributed by atoms with Gasteiger partial charge in [-0.3, -0.25) is 0 Å². The number of carboxylic acid groups (broad SMARTS) is 1. The van der Waals surface area contributed by atoms with E-state index in [-0.39, 0.29) is 37.6 Å². The normalized spacial score (nSPS) is 20.4. The molecule has 0 aromatic heterocycles. The fourth-order valence-corrected chi connectivity index (χ4v) is 3.04. The van der Waals surface area contributed by atoms with E-state index in [0.29, 0.717) is 6.42 Å². The number of amides is 2. The van der Waals surface area contributed by atoms with Crippen LogP contribution in [0.15, 0.2) is 0 Å². The number of hydrogen-bond acceptors (Lipinski definition) is 5. The molecule has 0 unspecified atom stereocenters. The highest BCUT2D eigenvalue weighted by molar-refractivity contribution is 7.91. The summed E-state index contributed by atoms with van der Waals surface area (Å²) >= 11 is 0. The molecule has 0 aromatic carbocycles. The number of hydrogen-bond donors (Lipinski definition) is 3. The van der Waals surface area contributed by atoms with Crippen molar-refractivity contribution in [2.75, 3.05) is 31.2 Å². The molecule has 0 spiro atoms. The maximum atomic E-state index is 11.8. The van der Waals surface area contributed by atoms with Gasteiger partial charge in [0.15, 0.2) is 9.84 Å². The van der Waals surface area contributed by atoms with E-state index in [0.717, 1.165) is 0 Å². The first-order valence-electron chi connectivity index (χ1n) is 5.95. The topological polar surface area (TPSA) is 124 Å². The Kier molecular flexibility index (Phi) is 5.55. The van der Waals surface area contributed by atoms with E-state index < -0.39 is 27.9 Å². The maximum absolute atomic E-state index is 11.8. The van der Waals surface area contributed by atoms with Crippen LogP contribution in [0.2, 0.25) is 0 Å². The molecule has 1 rings (SSSR count). The number of carbonyl (C=O) groups is 2. The number of nitrogens with one attached hydrogen (secondary N) is 1. The van der Waals surface area contributed by atoms with Crippen molar-refractivity contribution in [3.8, 4) is 0 Å². The number of aliphatic hydroxyl groups is 1. The summed E-state index contributed by atoms with van der Waals surface area (Å²) in [6, 6.07) is -1.78. The summed E-state index contributed by atoms with van der Waals surface area (Å²) in [5.41, 5.74) is 0. The molecule has 19 heavy (non-hydrogen) atoms. The number of carboxylic acids is 1. The lowest BCUT2D eigenvalue weighted by Gasteiger charge is -2.22. The van der Waals surface area contributed by atoms with Crippen molar-refractivity contribution >= 4 is 21.8 Å².